The van der Waals surface area contributed by atoms with Crippen LogP contribution in [0, 0.1) is 0 Å². The molecule has 0 saturated carbocycles. The third-order valence-corrected chi connectivity index (χ3v) is 3.08. The van der Waals surface area contributed by atoms with Crippen LogP contribution in [-0.2, 0) is 12.8 Å². The molecule has 4 heteroatoms. The van der Waals surface area contributed by atoms with E-state index in [4.69, 9.17) is 0 Å². The van der Waals surface area contributed by atoms with E-state index in [1.165, 1.54) is 5.56 Å². The molecule has 0 bridgehead atoms. The molecule has 4 nitrogen and oxygen atoms in total. The number of nitrogens with one attached hydrogen (secondary N) is 2. The summed E-state index contributed by atoms with van der Waals surface area (Å²) in [6, 6.07) is 11.1. The van der Waals surface area contributed by atoms with Crippen molar-refractivity contribution in [3.8, 4) is 0 Å². The second kappa shape index (κ2) is 6.91. The first-order chi connectivity index (χ1) is 8.88. The zero-order chi connectivity index (χ0) is 12.6. The number of aromatic amines is 1. The highest BCUT2D eigenvalue weighted by atomic mass is 15.2. The lowest BCUT2D eigenvalue weighted by Gasteiger charge is -2.16. The first-order valence-corrected chi connectivity index (χ1v) is 6.50. The van der Waals surface area contributed by atoms with Gasteiger partial charge < -0.3 is 5.32 Å². The van der Waals surface area contributed by atoms with Crippen LogP contribution in [0.25, 0.3) is 0 Å². The molecule has 0 saturated heterocycles. The van der Waals surface area contributed by atoms with Crippen molar-refractivity contribution in [3.05, 3.63) is 48.0 Å². The number of benzene rings is 1. The van der Waals surface area contributed by atoms with Crippen LogP contribution >= 0.6 is 0 Å². The molecule has 0 aliphatic heterocycles. The lowest BCUT2D eigenvalue weighted by atomic mass is 10.0. The number of rotatable bonds is 7. The predicted molar refractivity (Wildman–Crippen MR) is 72.3 cm³/mol. The van der Waals surface area contributed by atoms with E-state index in [-0.39, 0.29) is 0 Å². The maximum absolute atomic E-state index is 4.12. The number of H-pyrrole nitrogens is 1. The molecule has 1 aromatic heterocycles. The second-order valence-electron chi connectivity index (χ2n) is 4.43. The molecule has 2 N–H and O–H groups in total. The highest BCUT2D eigenvalue weighted by molar-refractivity contribution is 5.15. The van der Waals surface area contributed by atoms with Gasteiger partial charge in [-0.1, -0.05) is 37.3 Å². The Kier molecular flexibility index (Phi) is 4.90. The van der Waals surface area contributed by atoms with Gasteiger partial charge in [0.1, 0.15) is 12.2 Å². The van der Waals surface area contributed by atoms with Crippen LogP contribution in [0.2, 0.25) is 0 Å². The van der Waals surface area contributed by atoms with E-state index in [0.29, 0.717) is 6.04 Å². The van der Waals surface area contributed by atoms with Gasteiger partial charge in [-0.3, -0.25) is 5.10 Å². The van der Waals surface area contributed by atoms with Crippen LogP contribution in [0.15, 0.2) is 36.7 Å². The number of hydrogen-bond acceptors (Lipinski definition) is 3. The fraction of sp³-hybridized carbons (Fsp3) is 0.429. The van der Waals surface area contributed by atoms with Gasteiger partial charge in [-0.25, -0.2) is 4.98 Å². The van der Waals surface area contributed by atoms with Gasteiger partial charge in [-0.15, -0.1) is 0 Å². The molecule has 1 atom stereocenters. The third-order valence-electron chi connectivity index (χ3n) is 3.08. The largest absolute Gasteiger partial charge is 0.313 e. The molecule has 0 amide bonds. The molecule has 2 rings (SSSR count). The van der Waals surface area contributed by atoms with E-state index in [0.717, 1.165) is 31.6 Å². The van der Waals surface area contributed by atoms with E-state index < -0.39 is 0 Å². The third kappa shape index (κ3) is 3.96. The highest BCUT2D eigenvalue weighted by Gasteiger charge is 2.06. The smallest absolute Gasteiger partial charge is 0.137 e. The molecule has 0 fully saturated rings. The predicted octanol–water partition coefficient (Wildman–Crippen LogP) is 1.96. The monoisotopic (exact) mass is 244 g/mol. The normalized spacial score (nSPS) is 12.5. The lowest BCUT2D eigenvalue weighted by Crippen LogP contribution is -2.32. The maximum atomic E-state index is 4.12. The quantitative estimate of drug-likeness (QED) is 0.783. The first kappa shape index (κ1) is 12.8. The Hall–Kier alpha value is -1.68. The molecule has 1 heterocycles. The Morgan fingerprint density at radius 2 is 2.11 bits per heavy atom. The lowest BCUT2D eigenvalue weighted by molar-refractivity contribution is 0.495. The fourth-order valence-corrected chi connectivity index (χ4v) is 2.01. The molecule has 96 valence electrons. The van der Waals surface area contributed by atoms with Gasteiger partial charge in [-0.05, 0) is 18.4 Å². The average molecular weight is 244 g/mol. The van der Waals surface area contributed by atoms with E-state index in [2.05, 4.69) is 57.8 Å². The minimum Gasteiger partial charge on any atom is -0.313 e. The number of hydrogen-bond donors (Lipinski definition) is 2. The first-order valence-electron chi connectivity index (χ1n) is 6.50. The summed E-state index contributed by atoms with van der Waals surface area (Å²) in [5, 5.41) is 10.3. The molecule has 2 aromatic rings. The Labute approximate surface area is 108 Å². The van der Waals surface area contributed by atoms with Gasteiger partial charge in [0, 0.05) is 19.0 Å². The molecular formula is C14H20N4. The Bertz CT molecular complexity index is 424. The van der Waals surface area contributed by atoms with Crippen molar-refractivity contribution in [1.82, 2.24) is 20.5 Å². The fourth-order valence-electron chi connectivity index (χ4n) is 2.01. The van der Waals surface area contributed by atoms with Gasteiger partial charge in [0.15, 0.2) is 0 Å². The summed E-state index contributed by atoms with van der Waals surface area (Å²) in [5.41, 5.74) is 1.39. The Morgan fingerprint density at radius 3 is 2.78 bits per heavy atom. The van der Waals surface area contributed by atoms with Crippen LogP contribution in [0.4, 0.5) is 0 Å². The summed E-state index contributed by atoms with van der Waals surface area (Å²) in [5.74, 6) is 0.942. The van der Waals surface area contributed by atoms with Crippen molar-refractivity contribution in [2.45, 2.75) is 32.2 Å². The zero-order valence-corrected chi connectivity index (χ0v) is 10.8. The van der Waals surface area contributed by atoms with Gasteiger partial charge >= 0.3 is 0 Å². The van der Waals surface area contributed by atoms with E-state index >= 15 is 0 Å². The van der Waals surface area contributed by atoms with Crippen LogP contribution in [0.5, 0.6) is 0 Å². The molecule has 18 heavy (non-hydrogen) atoms. The minimum atomic E-state index is 0.523. The highest BCUT2D eigenvalue weighted by Crippen LogP contribution is 2.05. The van der Waals surface area contributed by atoms with Crippen LogP contribution < -0.4 is 5.32 Å². The van der Waals surface area contributed by atoms with E-state index in [9.17, 15) is 0 Å². The van der Waals surface area contributed by atoms with Crippen molar-refractivity contribution < 1.29 is 0 Å². The maximum Gasteiger partial charge on any atom is 0.137 e. The average Bonchev–Trinajstić information content (AvgIpc) is 2.92. The minimum absolute atomic E-state index is 0.523. The zero-order valence-electron chi connectivity index (χ0n) is 10.8. The number of nitrogens with zero attached hydrogens (tertiary/aromatic N) is 2. The molecule has 0 aliphatic carbocycles. The standard InChI is InChI=1S/C14H20N4/c1-2-13(10-12-6-4-3-5-7-12)15-9-8-14-16-11-17-18-14/h3-7,11,13,15H,2,8-10H2,1H3,(H,16,17,18). The van der Waals surface area contributed by atoms with Crippen molar-refractivity contribution in [1.29, 1.82) is 0 Å². The summed E-state index contributed by atoms with van der Waals surface area (Å²) in [7, 11) is 0. The van der Waals surface area contributed by atoms with Crippen LogP contribution in [-0.4, -0.2) is 27.8 Å². The molecule has 1 aromatic carbocycles. The van der Waals surface area contributed by atoms with Gasteiger partial charge in [0.05, 0.1) is 0 Å². The molecule has 0 spiro atoms. The van der Waals surface area contributed by atoms with Gasteiger partial charge in [0.25, 0.3) is 0 Å². The summed E-state index contributed by atoms with van der Waals surface area (Å²) in [6.07, 6.45) is 4.65. The summed E-state index contributed by atoms with van der Waals surface area (Å²) < 4.78 is 0. The van der Waals surface area contributed by atoms with Crippen LogP contribution in [0.1, 0.15) is 24.7 Å². The Balaban J connectivity index is 1.75. The van der Waals surface area contributed by atoms with Crippen molar-refractivity contribution in [3.63, 3.8) is 0 Å². The van der Waals surface area contributed by atoms with Crippen molar-refractivity contribution in [2.24, 2.45) is 0 Å². The van der Waals surface area contributed by atoms with Crippen molar-refractivity contribution in [2.75, 3.05) is 6.54 Å². The summed E-state index contributed by atoms with van der Waals surface area (Å²) in [6.45, 7) is 3.15. The number of aromatic nitrogens is 3. The molecule has 1 unspecified atom stereocenters. The van der Waals surface area contributed by atoms with Crippen LogP contribution in [0.3, 0.4) is 0 Å². The van der Waals surface area contributed by atoms with E-state index in [1.807, 2.05) is 0 Å². The summed E-state index contributed by atoms with van der Waals surface area (Å²) >= 11 is 0. The molecule has 0 aliphatic rings. The SMILES string of the molecule is CCC(Cc1ccccc1)NCCc1ncn[nH]1. The summed E-state index contributed by atoms with van der Waals surface area (Å²) in [4.78, 5) is 4.12. The molecule has 0 radical (unpaired) electrons. The Morgan fingerprint density at radius 1 is 1.28 bits per heavy atom. The van der Waals surface area contributed by atoms with Gasteiger partial charge in [0.2, 0.25) is 0 Å². The topological polar surface area (TPSA) is 53.6 Å². The molecular weight excluding hydrogens is 224 g/mol. The second-order valence-corrected chi connectivity index (χ2v) is 4.43. The van der Waals surface area contributed by atoms with Crippen molar-refractivity contribution >= 4 is 0 Å². The van der Waals surface area contributed by atoms with Gasteiger partial charge in [-0.2, -0.15) is 5.10 Å². The van der Waals surface area contributed by atoms with E-state index in [1.54, 1.807) is 6.33 Å².